The lowest BCUT2D eigenvalue weighted by atomic mass is 9.79. The molecule has 2 aliphatic rings. The standard InChI is InChI=1S/C27H29Cl2F3N4O2/c1-15-9-18(27(30,31)32)12-22-25(15)33-23(34(22)2)13-20-21(28)4-3-16(24(20)29)14-35-5-7-36(8-6-35)19-10-17(11-19)26(37)38/h3-4,9,12,17,19H,5-8,10-11,13-14H2,1-2H3,(H,37,38). The summed E-state index contributed by atoms with van der Waals surface area (Å²) in [6.45, 7) is 5.75. The van der Waals surface area contributed by atoms with Crippen LogP contribution in [0.4, 0.5) is 13.2 Å². The first-order valence-electron chi connectivity index (χ1n) is 12.6. The van der Waals surface area contributed by atoms with Gasteiger partial charge in [0.25, 0.3) is 0 Å². The van der Waals surface area contributed by atoms with Gasteiger partial charge in [0.05, 0.1) is 27.5 Å². The number of alkyl halides is 3. The zero-order valence-electron chi connectivity index (χ0n) is 21.2. The summed E-state index contributed by atoms with van der Waals surface area (Å²) in [5.41, 5.74) is 2.33. The number of carboxylic acid groups (broad SMARTS) is 1. The van der Waals surface area contributed by atoms with E-state index in [1.165, 1.54) is 0 Å². The predicted octanol–water partition coefficient (Wildman–Crippen LogP) is 5.78. The number of rotatable bonds is 6. The van der Waals surface area contributed by atoms with Crippen LogP contribution in [0.2, 0.25) is 10.0 Å². The number of imidazole rings is 1. The molecule has 1 saturated heterocycles. The number of hydrogen-bond donors (Lipinski definition) is 1. The molecular weight excluding hydrogens is 540 g/mol. The van der Waals surface area contributed by atoms with E-state index in [0.29, 0.717) is 50.6 Å². The number of aromatic nitrogens is 2. The van der Waals surface area contributed by atoms with Crippen LogP contribution in [0.25, 0.3) is 11.0 Å². The normalized spacial score (nSPS) is 21.1. The first-order chi connectivity index (χ1) is 17.9. The molecule has 0 radical (unpaired) electrons. The molecule has 38 heavy (non-hydrogen) atoms. The van der Waals surface area contributed by atoms with Gasteiger partial charge in [-0.3, -0.25) is 14.6 Å². The summed E-state index contributed by atoms with van der Waals surface area (Å²) in [5, 5.41) is 10.2. The molecule has 0 spiro atoms. The Kier molecular flexibility index (Phi) is 7.41. The Hall–Kier alpha value is -2.33. The lowest BCUT2D eigenvalue weighted by molar-refractivity contribution is -0.147. The number of nitrogens with zero attached hydrogens (tertiary/aromatic N) is 4. The average molecular weight is 569 g/mol. The first kappa shape index (κ1) is 27.2. The van der Waals surface area contributed by atoms with E-state index in [0.717, 1.165) is 56.7 Å². The fraction of sp³-hybridized carbons (Fsp3) is 0.481. The molecule has 2 aromatic carbocycles. The number of hydrogen-bond acceptors (Lipinski definition) is 4. The summed E-state index contributed by atoms with van der Waals surface area (Å²) in [6, 6.07) is 6.33. The van der Waals surface area contributed by atoms with Crippen molar-refractivity contribution in [2.24, 2.45) is 13.0 Å². The van der Waals surface area contributed by atoms with Gasteiger partial charge in [-0.15, -0.1) is 0 Å². The molecule has 0 amide bonds. The summed E-state index contributed by atoms with van der Waals surface area (Å²) in [6.07, 6.45) is -2.70. The zero-order valence-corrected chi connectivity index (χ0v) is 22.7. The quantitative estimate of drug-likeness (QED) is 0.408. The van der Waals surface area contributed by atoms with Gasteiger partial charge in [0, 0.05) is 57.3 Å². The van der Waals surface area contributed by atoms with E-state index in [1.54, 1.807) is 18.5 Å². The van der Waals surface area contributed by atoms with E-state index in [-0.39, 0.29) is 12.3 Å². The molecule has 0 unspecified atom stereocenters. The molecule has 5 rings (SSSR count). The highest BCUT2D eigenvalue weighted by Crippen LogP contribution is 2.36. The molecule has 1 aliphatic carbocycles. The molecule has 0 bridgehead atoms. The van der Waals surface area contributed by atoms with Crippen molar-refractivity contribution in [1.29, 1.82) is 0 Å². The predicted molar refractivity (Wildman–Crippen MR) is 141 cm³/mol. The van der Waals surface area contributed by atoms with Crippen LogP contribution < -0.4 is 0 Å². The van der Waals surface area contributed by atoms with Gasteiger partial charge in [-0.05, 0) is 54.7 Å². The number of fused-ring (bicyclic) bond motifs is 1. The molecule has 2 heterocycles. The molecule has 6 nitrogen and oxygen atoms in total. The first-order valence-corrected chi connectivity index (χ1v) is 13.4. The molecule has 1 N–H and O–H groups in total. The van der Waals surface area contributed by atoms with Crippen LogP contribution >= 0.6 is 23.2 Å². The number of carbonyl (C=O) groups is 1. The fourth-order valence-corrected chi connectivity index (χ4v) is 6.09. The van der Waals surface area contributed by atoms with Gasteiger partial charge in [-0.2, -0.15) is 13.2 Å². The topological polar surface area (TPSA) is 61.6 Å². The monoisotopic (exact) mass is 568 g/mol. The minimum Gasteiger partial charge on any atom is -0.481 e. The maximum atomic E-state index is 13.4. The Morgan fingerprint density at radius 1 is 1.13 bits per heavy atom. The Balaban J connectivity index is 1.30. The van der Waals surface area contributed by atoms with Crippen LogP contribution in [-0.2, 0) is 31.0 Å². The second-order valence-corrected chi connectivity index (χ2v) is 11.2. The third-order valence-corrected chi connectivity index (χ3v) is 8.80. The number of halogens is 5. The fourth-order valence-electron chi connectivity index (χ4n) is 5.53. The molecule has 1 aromatic heterocycles. The maximum Gasteiger partial charge on any atom is 0.416 e. The van der Waals surface area contributed by atoms with Crippen LogP contribution in [-0.4, -0.2) is 62.6 Å². The minimum atomic E-state index is -4.44. The van der Waals surface area contributed by atoms with Gasteiger partial charge in [-0.25, -0.2) is 4.98 Å². The van der Waals surface area contributed by atoms with E-state index in [1.807, 2.05) is 12.1 Å². The highest BCUT2D eigenvalue weighted by molar-refractivity contribution is 6.36. The largest absolute Gasteiger partial charge is 0.481 e. The third kappa shape index (κ3) is 5.26. The Morgan fingerprint density at radius 2 is 1.82 bits per heavy atom. The molecular formula is C27H29Cl2F3N4O2. The van der Waals surface area contributed by atoms with Crippen LogP contribution in [0.3, 0.4) is 0 Å². The van der Waals surface area contributed by atoms with Gasteiger partial charge in [-0.1, -0.05) is 29.3 Å². The van der Waals surface area contributed by atoms with Crippen molar-refractivity contribution in [1.82, 2.24) is 19.4 Å². The van der Waals surface area contributed by atoms with E-state index in [2.05, 4.69) is 14.8 Å². The molecule has 1 saturated carbocycles. The molecule has 204 valence electrons. The SMILES string of the molecule is Cc1cc(C(F)(F)F)cc2c1nc(Cc1c(Cl)ccc(CN3CCN(C4CC(C(=O)O)C4)CC3)c1Cl)n2C. The highest BCUT2D eigenvalue weighted by Gasteiger charge is 2.38. The summed E-state index contributed by atoms with van der Waals surface area (Å²) in [4.78, 5) is 20.4. The number of benzene rings is 2. The van der Waals surface area contributed by atoms with Crippen molar-refractivity contribution < 1.29 is 23.1 Å². The van der Waals surface area contributed by atoms with E-state index in [9.17, 15) is 18.0 Å². The van der Waals surface area contributed by atoms with E-state index < -0.39 is 17.7 Å². The van der Waals surface area contributed by atoms with E-state index in [4.69, 9.17) is 28.3 Å². The van der Waals surface area contributed by atoms with Gasteiger partial charge in [0.2, 0.25) is 0 Å². The van der Waals surface area contributed by atoms with Crippen molar-refractivity contribution in [3.05, 3.63) is 62.4 Å². The van der Waals surface area contributed by atoms with Crippen LogP contribution in [0, 0.1) is 12.8 Å². The molecule has 0 atom stereocenters. The third-order valence-electron chi connectivity index (χ3n) is 7.98. The number of aliphatic carboxylic acids is 1. The summed E-state index contributed by atoms with van der Waals surface area (Å²) < 4.78 is 41.7. The van der Waals surface area contributed by atoms with Crippen LogP contribution in [0.15, 0.2) is 24.3 Å². The number of piperazine rings is 1. The van der Waals surface area contributed by atoms with Gasteiger partial charge < -0.3 is 9.67 Å². The summed E-state index contributed by atoms with van der Waals surface area (Å²) >= 11 is 13.4. The van der Waals surface area contributed by atoms with Gasteiger partial charge >= 0.3 is 12.1 Å². The van der Waals surface area contributed by atoms with Gasteiger partial charge in [0.1, 0.15) is 5.82 Å². The number of carboxylic acids is 1. The smallest absolute Gasteiger partial charge is 0.416 e. The summed E-state index contributed by atoms with van der Waals surface area (Å²) in [5.74, 6) is -0.332. The minimum absolute atomic E-state index is 0.212. The lowest BCUT2D eigenvalue weighted by Gasteiger charge is -2.45. The molecule has 3 aromatic rings. The number of aryl methyl sites for hydroxylation is 2. The second kappa shape index (κ2) is 10.3. The average Bonchev–Trinajstić information content (AvgIpc) is 3.14. The van der Waals surface area contributed by atoms with Crippen molar-refractivity contribution >= 4 is 40.2 Å². The van der Waals surface area contributed by atoms with Crippen LogP contribution in [0.5, 0.6) is 0 Å². The molecule has 11 heteroatoms. The van der Waals surface area contributed by atoms with Crippen molar-refractivity contribution in [2.45, 2.75) is 44.9 Å². The van der Waals surface area contributed by atoms with Crippen molar-refractivity contribution in [3.63, 3.8) is 0 Å². The zero-order chi connectivity index (χ0) is 27.4. The van der Waals surface area contributed by atoms with E-state index >= 15 is 0 Å². The summed E-state index contributed by atoms with van der Waals surface area (Å²) in [7, 11) is 1.70. The Morgan fingerprint density at radius 3 is 2.45 bits per heavy atom. The Labute approximate surface area is 228 Å². The molecule has 2 fully saturated rings. The van der Waals surface area contributed by atoms with Crippen LogP contribution in [0.1, 0.15) is 40.9 Å². The highest BCUT2D eigenvalue weighted by atomic mass is 35.5. The van der Waals surface area contributed by atoms with Crippen molar-refractivity contribution in [2.75, 3.05) is 26.2 Å². The second-order valence-electron chi connectivity index (χ2n) is 10.4. The maximum absolute atomic E-state index is 13.4. The Bertz CT molecular complexity index is 1380. The lowest BCUT2D eigenvalue weighted by Crippen LogP contribution is -2.54. The van der Waals surface area contributed by atoms with Crippen molar-refractivity contribution in [3.8, 4) is 0 Å². The van der Waals surface area contributed by atoms with Gasteiger partial charge in [0.15, 0.2) is 0 Å². The molecule has 1 aliphatic heterocycles.